The summed E-state index contributed by atoms with van der Waals surface area (Å²) in [6, 6.07) is 0. The lowest BCUT2D eigenvalue weighted by Crippen LogP contribution is -2.29. The Bertz CT molecular complexity index is 199. The van der Waals surface area contributed by atoms with Gasteiger partial charge in [-0.05, 0) is 24.2 Å². The second kappa shape index (κ2) is 7.94. The predicted octanol–water partition coefficient (Wildman–Crippen LogP) is 3.58. The summed E-state index contributed by atoms with van der Waals surface area (Å²) in [4.78, 5) is 11.6. The van der Waals surface area contributed by atoms with E-state index in [0.29, 0.717) is 12.3 Å². The summed E-state index contributed by atoms with van der Waals surface area (Å²) in [6.45, 7) is 9.43. The van der Waals surface area contributed by atoms with Gasteiger partial charge in [-0.25, -0.2) is 0 Å². The molecule has 0 saturated carbocycles. The van der Waals surface area contributed by atoms with Gasteiger partial charge in [0, 0.05) is 18.8 Å². The van der Waals surface area contributed by atoms with E-state index in [1.165, 1.54) is 0 Å². The first-order valence-corrected chi connectivity index (χ1v) is 6.74. The molecule has 0 saturated heterocycles. The molecule has 0 spiro atoms. The largest absolute Gasteiger partial charge is 0.356 e. The standard InChI is InChI=1S/C13H26ClNO/c1-11(13(2,3)4)10-12(16)15-9-7-5-6-8-14/h11H,5-10H2,1-4H3,(H,15,16). The van der Waals surface area contributed by atoms with E-state index in [4.69, 9.17) is 11.6 Å². The number of hydrogen-bond acceptors (Lipinski definition) is 1. The summed E-state index contributed by atoms with van der Waals surface area (Å²) in [5.41, 5.74) is 0.204. The third kappa shape index (κ3) is 7.98. The molecule has 1 atom stereocenters. The number of amides is 1. The quantitative estimate of drug-likeness (QED) is 0.541. The maximum Gasteiger partial charge on any atom is 0.220 e. The van der Waals surface area contributed by atoms with Gasteiger partial charge in [-0.15, -0.1) is 11.6 Å². The van der Waals surface area contributed by atoms with Crippen LogP contribution in [0.25, 0.3) is 0 Å². The Hall–Kier alpha value is -0.240. The molecule has 96 valence electrons. The van der Waals surface area contributed by atoms with Gasteiger partial charge in [0.05, 0.1) is 0 Å². The van der Waals surface area contributed by atoms with Crippen molar-refractivity contribution in [1.29, 1.82) is 0 Å². The fourth-order valence-corrected chi connectivity index (χ4v) is 1.47. The molecule has 1 amide bonds. The van der Waals surface area contributed by atoms with Crippen LogP contribution in [0.1, 0.15) is 53.4 Å². The molecule has 1 unspecified atom stereocenters. The SMILES string of the molecule is CC(CC(=O)NCCCCCCl)C(C)(C)C. The zero-order valence-electron chi connectivity index (χ0n) is 11.1. The van der Waals surface area contributed by atoms with Crippen LogP contribution in [0, 0.1) is 11.3 Å². The van der Waals surface area contributed by atoms with Crippen molar-refractivity contribution in [2.24, 2.45) is 11.3 Å². The molecule has 1 N–H and O–H groups in total. The van der Waals surface area contributed by atoms with E-state index in [2.05, 4.69) is 33.0 Å². The zero-order chi connectivity index (χ0) is 12.6. The van der Waals surface area contributed by atoms with Crippen LogP contribution in [0.3, 0.4) is 0 Å². The molecule has 0 aromatic heterocycles. The van der Waals surface area contributed by atoms with Crippen molar-refractivity contribution in [2.45, 2.75) is 53.4 Å². The van der Waals surface area contributed by atoms with Crippen molar-refractivity contribution < 1.29 is 4.79 Å². The first-order chi connectivity index (χ1) is 7.38. The van der Waals surface area contributed by atoms with Gasteiger partial charge in [0.15, 0.2) is 0 Å². The second-order valence-electron chi connectivity index (χ2n) is 5.57. The van der Waals surface area contributed by atoms with Crippen molar-refractivity contribution in [3.05, 3.63) is 0 Å². The average Bonchev–Trinajstić information content (AvgIpc) is 2.16. The van der Waals surface area contributed by atoms with E-state index >= 15 is 0 Å². The van der Waals surface area contributed by atoms with Crippen LogP contribution in [0.2, 0.25) is 0 Å². The number of carbonyl (C=O) groups excluding carboxylic acids is 1. The Labute approximate surface area is 105 Å². The lowest BCUT2D eigenvalue weighted by Gasteiger charge is -2.26. The van der Waals surface area contributed by atoms with E-state index in [-0.39, 0.29) is 11.3 Å². The second-order valence-corrected chi connectivity index (χ2v) is 5.95. The summed E-state index contributed by atoms with van der Waals surface area (Å²) in [5.74, 6) is 1.30. The van der Waals surface area contributed by atoms with Crippen LogP contribution in [-0.4, -0.2) is 18.3 Å². The Morgan fingerprint density at radius 3 is 2.38 bits per heavy atom. The highest BCUT2D eigenvalue weighted by Crippen LogP contribution is 2.27. The van der Waals surface area contributed by atoms with Gasteiger partial charge in [-0.3, -0.25) is 4.79 Å². The number of halogens is 1. The third-order valence-electron chi connectivity index (χ3n) is 3.10. The zero-order valence-corrected chi connectivity index (χ0v) is 11.9. The minimum atomic E-state index is 0.174. The van der Waals surface area contributed by atoms with Gasteiger partial charge in [0.2, 0.25) is 5.91 Å². The predicted molar refractivity (Wildman–Crippen MR) is 70.8 cm³/mol. The van der Waals surface area contributed by atoms with Gasteiger partial charge in [0.1, 0.15) is 0 Å². The molecular formula is C13H26ClNO. The topological polar surface area (TPSA) is 29.1 Å². The highest BCUT2D eigenvalue weighted by Gasteiger charge is 2.22. The highest BCUT2D eigenvalue weighted by atomic mass is 35.5. The Morgan fingerprint density at radius 1 is 1.25 bits per heavy atom. The highest BCUT2D eigenvalue weighted by molar-refractivity contribution is 6.17. The maximum absolute atomic E-state index is 11.6. The molecule has 0 aliphatic carbocycles. The van der Waals surface area contributed by atoms with Crippen LogP contribution in [0.5, 0.6) is 0 Å². The van der Waals surface area contributed by atoms with Crippen LogP contribution in [0.15, 0.2) is 0 Å². The fraction of sp³-hybridized carbons (Fsp3) is 0.923. The van der Waals surface area contributed by atoms with Gasteiger partial charge in [-0.2, -0.15) is 0 Å². The van der Waals surface area contributed by atoms with E-state index < -0.39 is 0 Å². The third-order valence-corrected chi connectivity index (χ3v) is 3.37. The minimum absolute atomic E-state index is 0.174. The van der Waals surface area contributed by atoms with Crippen molar-refractivity contribution >= 4 is 17.5 Å². The smallest absolute Gasteiger partial charge is 0.220 e. The van der Waals surface area contributed by atoms with Gasteiger partial charge in [0.25, 0.3) is 0 Å². The summed E-state index contributed by atoms with van der Waals surface area (Å²) >= 11 is 5.57. The summed E-state index contributed by atoms with van der Waals surface area (Å²) in [6.07, 6.45) is 3.79. The van der Waals surface area contributed by atoms with Gasteiger partial charge in [-0.1, -0.05) is 34.1 Å². The number of carbonyl (C=O) groups is 1. The van der Waals surface area contributed by atoms with Crippen LogP contribution in [0.4, 0.5) is 0 Å². The summed E-state index contributed by atoms with van der Waals surface area (Å²) in [5, 5.41) is 2.96. The first-order valence-electron chi connectivity index (χ1n) is 6.20. The van der Waals surface area contributed by atoms with E-state index in [1.807, 2.05) is 0 Å². The molecule has 0 heterocycles. The number of nitrogens with one attached hydrogen (secondary N) is 1. The molecule has 0 aliphatic heterocycles. The van der Waals surface area contributed by atoms with E-state index in [0.717, 1.165) is 31.7 Å². The molecule has 0 aliphatic rings. The molecule has 0 rings (SSSR count). The molecule has 0 radical (unpaired) electrons. The van der Waals surface area contributed by atoms with Crippen LogP contribution >= 0.6 is 11.6 Å². The molecule has 3 heteroatoms. The van der Waals surface area contributed by atoms with Crippen LogP contribution < -0.4 is 5.32 Å². The monoisotopic (exact) mass is 247 g/mol. The van der Waals surface area contributed by atoms with Crippen molar-refractivity contribution in [2.75, 3.05) is 12.4 Å². The summed E-state index contributed by atoms with van der Waals surface area (Å²) in [7, 11) is 0. The Balaban J connectivity index is 3.59. The normalized spacial score (nSPS) is 13.6. The molecule has 2 nitrogen and oxygen atoms in total. The molecule has 0 aromatic rings. The molecule has 0 bridgehead atoms. The van der Waals surface area contributed by atoms with Gasteiger partial charge >= 0.3 is 0 Å². The number of alkyl halides is 1. The molecular weight excluding hydrogens is 222 g/mol. The molecule has 0 fully saturated rings. The Morgan fingerprint density at radius 2 is 1.88 bits per heavy atom. The minimum Gasteiger partial charge on any atom is -0.356 e. The van der Waals surface area contributed by atoms with E-state index in [9.17, 15) is 4.79 Å². The van der Waals surface area contributed by atoms with Gasteiger partial charge < -0.3 is 5.32 Å². The van der Waals surface area contributed by atoms with Crippen molar-refractivity contribution in [1.82, 2.24) is 5.32 Å². The van der Waals surface area contributed by atoms with Crippen molar-refractivity contribution in [3.8, 4) is 0 Å². The van der Waals surface area contributed by atoms with Crippen LogP contribution in [-0.2, 0) is 4.79 Å². The lowest BCUT2D eigenvalue weighted by molar-refractivity contribution is -0.122. The first kappa shape index (κ1) is 15.8. The summed E-state index contributed by atoms with van der Waals surface area (Å²) < 4.78 is 0. The number of hydrogen-bond donors (Lipinski definition) is 1. The fourth-order valence-electron chi connectivity index (χ4n) is 1.28. The molecule has 16 heavy (non-hydrogen) atoms. The average molecular weight is 248 g/mol. The number of unbranched alkanes of at least 4 members (excludes halogenated alkanes) is 2. The van der Waals surface area contributed by atoms with E-state index in [1.54, 1.807) is 0 Å². The number of rotatable bonds is 7. The Kier molecular flexibility index (Phi) is 7.82. The van der Waals surface area contributed by atoms with Crippen molar-refractivity contribution in [3.63, 3.8) is 0 Å². The maximum atomic E-state index is 11.6. The molecule has 0 aromatic carbocycles. The lowest BCUT2D eigenvalue weighted by atomic mass is 9.80.